The van der Waals surface area contributed by atoms with Gasteiger partial charge in [-0.1, -0.05) is 12.1 Å². The molecule has 2 aromatic heterocycles. The number of aromatic nitrogens is 4. The second kappa shape index (κ2) is 9.58. The van der Waals surface area contributed by atoms with Gasteiger partial charge in [-0.05, 0) is 44.4 Å². The van der Waals surface area contributed by atoms with Gasteiger partial charge in [-0.2, -0.15) is 10.4 Å². The minimum atomic E-state index is -0.546. The third-order valence-corrected chi connectivity index (χ3v) is 5.36. The van der Waals surface area contributed by atoms with Crippen molar-refractivity contribution in [1.82, 2.24) is 25.1 Å². The van der Waals surface area contributed by atoms with Crippen molar-refractivity contribution in [2.24, 2.45) is 0 Å². The second-order valence-electron chi connectivity index (χ2n) is 7.80. The molecule has 9 nitrogen and oxygen atoms in total. The van der Waals surface area contributed by atoms with Crippen molar-refractivity contribution in [3.63, 3.8) is 0 Å². The molecule has 1 atom stereocenters. The van der Waals surface area contributed by atoms with Crippen molar-refractivity contribution < 1.29 is 9.53 Å². The highest BCUT2D eigenvalue weighted by Crippen LogP contribution is 2.25. The van der Waals surface area contributed by atoms with E-state index in [4.69, 9.17) is 10.00 Å². The number of carbonyl (C=O) groups is 1. The number of nitrogens with one attached hydrogen (secondary N) is 2. The van der Waals surface area contributed by atoms with E-state index in [1.165, 1.54) is 0 Å². The number of rotatable bonds is 6. The lowest BCUT2D eigenvalue weighted by molar-refractivity contribution is 0.0662. The average Bonchev–Trinajstić information content (AvgIpc) is 3.29. The second-order valence-corrected chi connectivity index (χ2v) is 7.80. The molecule has 1 aromatic carbocycles. The molecule has 3 aromatic rings. The van der Waals surface area contributed by atoms with Crippen LogP contribution in [0.15, 0.2) is 42.9 Å². The minimum absolute atomic E-state index is 0.283. The van der Waals surface area contributed by atoms with Gasteiger partial charge in [0.2, 0.25) is 5.95 Å². The lowest BCUT2D eigenvalue weighted by Gasteiger charge is -2.22. The van der Waals surface area contributed by atoms with E-state index >= 15 is 0 Å². The summed E-state index contributed by atoms with van der Waals surface area (Å²) >= 11 is 0. The third-order valence-electron chi connectivity index (χ3n) is 5.36. The number of anilines is 2. The Labute approximate surface area is 186 Å². The number of ether oxygens (including phenoxy) is 1. The molecular weight excluding hydrogens is 406 g/mol. The van der Waals surface area contributed by atoms with Crippen LogP contribution in [0.4, 0.5) is 11.6 Å². The lowest BCUT2D eigenvalue weighted by atomic mass is 10.1. The van der Waals surface area contributed by atoms with Gasteiger partial charge in [-0.15, -0.1) is 0 Å². The van der Waals surface area contributed by atoms with Crippen molar-refractivity contribution >= 4 is 17.5 Å². The van der Waals surface area contributed by atoms with Gasteiger partial charge in [-0.25, -0.2) is 9.97 Å². The van der Waals surface area contributed by atoms with Gasteiger partial charge in [0.25, 0.3) is 5.91 Å². The maximum atomic E-state index is 12.2. The standard InChI is InChI=1S/C23H25N7O2/c1-15-12-25-23(28-19-13-26-30(14-19)20-7-9-32-10-8-20)29-21(15)17-3-5-18(6-4-17)22(31)27-16(2)11-24/h3-6,12-14,16,20H,7-10H2,1-2H3,(H,27,31)(H,25,28,29). The summed E-state index contributed by atoms with van der Waals surface area (Å²) in [5.41, 5.74) is 3.88. The predicted molar refractivity (Wildman–Crippen MR) is 119 cm³/mol. The molecule has 0 radical (unpaired) electrons. The van der Waals surface area contributed by atoms with Gasteiger partial charge in [0.05, 0.1) is 29.7 Å². The zero-order valence-corrected chi connectivity index (χ0v) is 18.1. The first-order chi connectivity index (χ1) is 15.5. The van der Waals surface area contributed by atoms with E-state index in [0.29, 0.717) is 17.6 Å². The Kier molecular flexibility index (Phi) is 6.42. The number of carbonyl (C=O) groups excluding carboxylic acids is 1. The highest BCUT2D eigenvalue weighted by atomic mass is 16.5. The molecule has 32 heavy (non-hydrogen) atoms. The number of aryl methyl sites for hydroxylation is 1. The van der Waals surface area contributed by atoms with Crippen LogP contribution in [-0.4, -0.2) is 44.9 Å². The van der Waals surface area contributed by atoms with Crippen LogP contribution in [0.1, 0.15) is 41.7 Å². The number of hydrogen-bond acceptors (Lipinski definition) is 7. The number of nitriles is 1. The van der Waals surface area contributed by atoms with Crippen molar-refractivity contribution in [2.45, 2.75) is 38.8 Å². The molecule has 4 rings (SSSR count). The quantitative estimate of drug-likeness (QED) is 0.614. The molecule has 1 fully saturated rings. The maximum Gasteiger partial charge on any atom is 0.252 e. The lowest BCUT2D eigenvalue weighted by Crippen LogP contribution is -2.31. The van der Waals surface area contributed by atoms with Gasteiger partial charge >= 0.3 is 0 Å². The van der Waals surface area contributed by atoms with E-state index in [0.717, 1.165) is 48.6 Å². The number of hydrogen-bond donors (Lipinski definition) is 2. The molecule has 164 valence electrons. The van der Waals surface area contributed by atoms with Gasteiger partial charge < -0.3 is 15.4 Å². The monoisotopic (exact) mass is 431 g/mol. The Bertz CT molecular complexity index is 1130. The predicted octanol–water partition coefficient (Wildman–Crippen LogP) is 3.39. The van der Waals surface area contributed by atoms with Crippen molar-refractivity contribution in [2.75, 3.05) is 18.5 Å². The zero-order valence-electron chi connectivity index (χ0n) is 18.1. The fourth-order valence-electron chi connectivity index (χ4n) is 3.57. The molecule has 1 aliphatic heterocycles. The molecule has 3 heterocycles. The molecule has 0 saturated carbocycles. The van der Waals surface area contributed by atoms with E-state index in [1.807, 2.05) is 36.0 Å². The average molecular weight is 432 g/mol. The molecule has 0 aliphatic carbocycles. The minimum Gasteiger partial charge on any atom is -0.381 e. The van der Waals surface area contributed by atoms with Crippen LogP contribution in [0.3, 0.4) is 0 Å². The fourth-order valence-corrected chi connectivity index (χ4v) is 3.57. The Hall–Kier alpha value is -3.77. The van der Waals surface area contributed by atoms with Crippen LogP contribution in [0.5, 0.6) is 0 Å². The molecule has 0 spiro atoms. The first-order valence-corrected chi connectivity index (χ1v) is 10.6. The molecule has 1 unspecified atom stereocenters. The molecule has 1 aliphatic rings. The summed E-state index contributed by atoms with van der Waals surface area (Å²) in [6.07, 6.45) is 7.41. The van der Waals surface area contributed by atoms with Gasteiger partial charge in [0.15, 0.2) is 0 Å². The Morgan fingerprint density at radius 2 is 2.00 bits per heavy atom. The van der Waals surface area contributed by atoms with Crippen LogP contribution in [-0.2, 0) is 4.74 Å². The van der Waals surface area contributed by atoms with E-state index in [2.05, 4.69) is 25.7 Å². The summed E-state index contributed by atoms with van der Waals surface area (Å²) < 4.78 is 7.39. The zero-order chi connectivity index (χ0) is 22.5. The highest BCUT2D eigenvalue weighted by Gasteiger charge is 2.17. The third kappa shape index (κ3) is 4.92. The van der Waals surface area contributed by atoms with Gasteiger partial charge in [0, 0.05) is 36.7 Å². The summed E-state index contributed by atoms with van der Waals surface area (Å²) in [7, 11) is 0. The summed E-state index contributed by atoms with van der Waals surface area (Å²) in [6.45, 7) is 5.10. The van der Waals surface area contributed by atoms with Gasteiger partial charge in [0.1, 0.15) is 6.04 Å². The number of amides is 1. The first-order valence-electron chi connectivity index (χ1n) is 10.6. The molecule has 2 N–H and O–H groups in total. The maximum absolute atomic E-state index is 12.2. The van der Waals surface area contributed by atoms with E-state index in [9.17, 15) is 4.79 Å². The Morgan fingerprint density at radius 3 is 2.72 bits per heavy atom. The van der Waals surface area contributed by atoms with Crippen LogP contribution in [0, 0.1) is 18.3 Å². The van der Waals surface area contributed by atoms with Crippen LogP contribution in [0.25, 0.3) is 11.3 Å². The molecule has 1 amide bonds. The molecule has 1 saturated heterocycles. The van der Waals surface area contributed by atoms with Gasteiger partial charge in [-0.3, -0.25) is 9.48 Å². The van der Waals surface area contributed by atoms with E-state index in [-0.39, 0.29) is 5.91 Å². The molecule has 9 heteroatoms. The normalized spacial score (nSPS) is 15.0. The smallest absolute Gasteiger partial charge is 0.252 e. The van der Waals surface area contributed by atoms with E-state index in [1.54, 1.807) is 31.5 Å². The Morgan fingerprint density at radius 1 is 1.25 bits per heavy atom. The topological polar surface area (TPSA) is 118 Å². The van der Waals surface area contributed by atoms with Crippen molar-refractivity contribution in [3.05, 3.63) is 54.0 Å². The van der Waals surface area contributed by atoms with Crippen LogP contribution < -0.4 is 10.6 Å². The summed E-state index contributed by atoms with van der Waals surface area (Å²) in [6, 6.07) is 8.92. The van der Waals surface area contributed by atoms with Crippen LogP contribution >= 0.6 is 0 Å². The number of nitrogens with zero attached hydrogens (tertiary/aromatic N) is 5. The highest BCUT2D eigenvalue weighted by molar-refractivity contribution is 5.95. The Balaban J connectivity index is 1.49. The summed E-state index contributed by atoms with van der Waals surface area (Å²) in [5.74, 6) is 0.190. The summed E-state index contributed by atoms with van der Waals surface area (Å²) in [5, 5.41) is 19.2. The SMILES string of the molecule is Cc1cnc(Nc2cnn(C3CCOCC3)c2)nc1-c1ccc(C(=O)NC(C)C#N)cc1. The van der Waals surface area contributed by atoms with Crippen molar-refractivity contribution in [3.8, 4) is 17.3 Å². The number of benzene rings is 1. The van der Waals surface area contributed by atoms with E-state index < -0.39 is 6.04 Å². The van der Waals surface area contributed by atoms with Crippen molar-refractivity contribution in [1.29, 1.82) is 5.26 Å². The molecular formula is C23H25N7O2. The largest absolute Gasteiger partial charge is 0.381 e. The summed E-state index contributed by atoms with van der Waals surface area (Å²) in [4.78, 5) is 21.3. The molecule has 0 bridgehead atoms. The fraction of sp³-hybridized carbons (Fsp3) is 0.348. The first kappa shape index (κ1) is 21.5. The van der Waals surface area contributed by atoms with Crippen LogP contribution in [0.2, 0.25) is 0 Å².